The molecule has 1 aliphatic rings. The van der Waals surface area contributed by atoms with E-state index in [1.807, 2.05) is 0 Å². The molecular formula is C16H22ClF2N. The Balaban J connectivity index is 2.38. The maximum atomic E-state index is 13.6. The van der Waals surface area contributed by atoms with Crippen LogP contribution in [0.5, 0.6) is 0 Å². The first-order valence-corrected chi connectivity index (χ1v) is 7.73. The molecule has 1 nitrogen and oxygen atoms in total. The molecule has 1 N–H and O–H groups in total. The van der Waals surface area contributed by atoms with Gasteiger partial charge in [0.15, 0.2) is 11.6 Å². The Bertz CT molecular complexity index is 470. The van der Waals surface area contributed by atoms with Crippen molar-refractivity contribution in [2.24, 2.45) is 5.41 Å². The molecule has 4 heteroatoms. The third kappa shape index (κ3) is 3.15. The maximum absolute atomic E-state index is 13.6. The van der Waals surface area contributed by atoms with Crippen LogP contribution in [0, 0.1) is 17.0 Å². The molecule has 0 heterocycles. The minimum Gasteiger partial charge on any atom is -0.309 e. The fourth-order valence-electron chi connectivity index (χ4n) is 3.25. The third-order valence-electron chi connectivity index (χ3n) is 4.39. The number of hydrogen-bond donors (Lipinski definition) is 1. The predicted octanol–water partition coefficient (Wildman–Crippen LogP) is 5.24. The second-order valence-corrected chi connectivity index (χ2v) is 6.44. The topological polar surface area (TPSA) is 12.0 Å². The highest BCUT2D eigenvalue weighted by Crippen LogP contribution is 2.48. The van der Waals surface area contributed by atoms with Crippen LogP contribution in [0.15, 0.2) is 12.1 Å². The zero-order valence-electron chi connectivity index (χ0n) is 12.1. The van der Waals surface area contributed by atoms with Crippen LogP contribution < -0.4 is 5.32 Å². The lowest BCUT2D eigenvalue weighted by molar-refractivity contribution is 0.223. The quantitative estimate of drug-likeness (QED) is 0.733. The zero-order chi connectivity index (χ0) is 14.8. The molecule has 0 radical (unpaired) electrons. The summed E-state index contributed by atoms with van der Waals surface area (Å²) < 4.78 is 26.9. The fraction of sp³-hybridized carbons (Fsp3) is 0.625. The monoisotopic (exact) mass is 301 g/mol. The molecule has 0 aliphatic heterocycles. The van der Waals surface area contributed by atoms with Crippen molar-refractivity contribution >= 4 is 11.6 Å². The minimum absolute atomic E-state index is 0.0208. The van der Waals surface area contributed by atoms with Crippen molar-refractivity contribution in [3.05, 3.63) is 34.4 Å². The summed E-state index contributed by atoms with van der Waals surface area (Å²) in [5.74, 6) is -1.71. The molecule has 1 aromatic carbocycles. The third-order valence-corrected chi connectivity index (χ3v) is 4.72. The second-order valence-electron chi connectivity index (χ2n) is 6.04. The van der Waals surface area contributed by atoms with Gasteiger partial charge >= 0.3 is 0 Å². The summed E-state index contributed by atoms with van der Waals surface area (Å²) in [7, 11) is 0. The van der Waals surface area contributed by atoms with E-state index in [2.05, 4.69) is 19.2 Å². The average Bonchev–Trinajstić information content (AvgIpc) is 2.83. The maximum Gasteiger partial charge on any atom is 0.160 e. The molecular weight excluding hydrogens is 280 g/mol. The van der Waals surface area contributed by atoms with E-state index in [9.17, 15) is 8.78 Å². The van der Waals surface area contributed by atoms with Crippen LogP contribution in [0.2, 0.25) is 5.02 Å². The van der Waals surface area contributed by atoms with E-state index >= 15 is 0 Å². The Morgan fingerprint density at radius 1 is 1.25 bits per heavy atom. The van der Waals surface area contributed by atoms with Crippen molar-refractivity contribution in [2.75, 3.05) is 6.54 Å². The summed E-state index contributed by atoms with van der Waals surface area (Å²) in [4.78, 5) is 0. The van der Waals surface area contributed by atoms with Crippen molar-refractivity contribution in [1.82, 2.24) is 5.32 Å². The molecule has 1 fully saturated rings. The molecule has 1 aromatic rings. The predicted molar refractivity (Wildman–Crippen MR) is 79.0 cm³/mol. The van der Waals surface area contributed by atoms with Gasteiger partial charge in [-0.3, -0.25) is 0 Å². The lowest BCUT2D eigenvalue weighted by atomic mass is 9.77. The second kappa shape index (κ2) is 6.40. The van der Waals surface area contributed by atoms with Gasteiger partial charge in [0.25, 0.3) is 0 Å². The van der Waals surface area contributed by atoms with E-state index in [1.165, 1.54) is 18.9 Å². The lowest BCUT2D eigenvalue weighted by Crippen LogP contribution is -2.35. The van der Waals surface area contributed by atoms with E-state index in [4.69, 9.17) is 11.6 Å². The Morgan fingerprint density at radius 2 is 1.85 bits per heavy atom. The Kier molecular flexibility index (Phi) is 5.03. The average molecular weight is 302 g/mol. The van der Waals surface area contributed by atoms with Gasteiger partial charge in [-0.15, -0.1) is 0 Å². The number of hydrogen-bond acceptors (Lipinski definition) is 1. The standard InChI is InChI=1S/C16H22ClF2N/c1-3-8-20-15(16(2)6-4-5-7-16)11-9-13(18)14(19)10-12(11)17/h9-10,15,20H,3-8H2,1-2H3. The van der Waals surface area contributed by atoms with Crippen LogP contribution in [0.25, 0.3) is 0 Å². The molecule has 0 spiro atoms. The zero-order valence-corrected chi connectivity index (χ0v) is 12.9. The normalized spacial score (nSPS) is 19.2. The van der Waals surface area contributed by atoms with Crippen molar-refractivity contribution in [3.63, 3.8) is 0 Å². The first kappa shape index (κ1) is 15.7. The van der Waals surface area contributed by atoms with Crippen LogP contribution >= 0.6 is 11.6 Å². The van der Waals surface area contributed by atoms with Crippen LogP contribution in [-0.2, 0) is 0 Å². The minimum atomic E-state index is -0.885. The molecule has 112 valence electrons. The van der Waals surface area contributed by atoms with Crippen molar-refractivity contribution in [2.45, 2.75) is 52.0 Å². The highest BCUT2D eigenvalue weighted by atomic mass is 35.5. The van der Waals surface area contributed by atoms with Crippen LogP contribution in [-0.4, -0.2) is 6.54 Å². The van der Waals surface area contributed by atoms with Gasteiger partial charge in [-0.05, 0) is 48.9 Å². The van der Waals surface area contributed by atoms with Gasteiger partial charge in [0, 0.05) is 11.1 Å². The summed E-state index contributed by atoms with van der Waals surface area (Å²) in [5, 5.41) is 3.79. The van der Waals surface area contributed by atoms with Gasteiger partial charge in [-0.25, -0.2) is 8.78 Å². The van der Waals surface area contributed by atoms with Crippen molar-refractivity contribution in [3.8, 4) is 0 Å². The van der Waals surface area contributed by atoms with Gasteiger partial charge in [-0.1, -0.05) is 38.3 Å². The molecule has 1 atom stereocenters. The van der Waals surface area contributed by atoms with Crippen molar-refractivity contribution < 1.29 is 8.78 Å². The summed E-state index contributed by atoms with van der Waals surface area (Å²) in [6, 6.07) is 2.33. The summed E-state index contributed by atoms with van der Waals surface area (Å²) in [6.45, 7) is 5.15. The van der Waals surface area contributed by atoms with Gasteiger partial charge in [0.05, 0.1) is 0 Å². The summed E-state index contributed by atoms with van der Waals surface area (Å²) in [5.41, 5.74) is 0.742. The highest BCUT2D eigenvalue weighted by molar-refractivity contribution is 6.31. The van der Waals surface area contributed by atoms with Gasteiger partial charge < -0.3 is 5.32 Å². The van der Waals surface area contributed by atoms with E-state index < -0.39 is 11.6 Å². The fourth-order valence-corrected chi connectivity index (χ4v) is 3.51. The van der Waals surface area contributed by atoms with E-state index in [0.717, 1.165) is 31.9 Å². The van der Waals surface area contributed by atoms with Gasteiger partial charge in [-0.2, -0.15) is 0 Å². The largest absolute Gasteiger partial charge is 0.309 e. The van der Waals surface area contributed by atoms with E-state index in [0.29, 0.717) is 10.6 Å². The SMILES string of the molecule is CCCNC(c1cc(F)c(F)cc1Cl)C1(C)CCCC1. The molecule has 0 amide bonds. The van der Waals surface area contributed by atoms with Crippen molar-refractivity contribution in [1.29, 1.82) is 0 Å². The first-order chi connectivity index (χ1) is 9.48. The summed E-state index contributed by atoms with van der Waals surface area (Å²) in [6.07, 6.45) is 5.53. The number of rotatable bonds is 5. The summed E-state index contributed by atoms with van der Waals surface area (Å²) >= 11 is 6.17. The molecule has 0 saturated heterocycles. The van der Waals surface area contributed by atoms with Gasteiger partial charge in [0.2, 0.25) is 0 Å². The van der Waals surface area contributed by atoms with Gasteiger partial charge in [0.1, 0.15) is 0 Å². The van der Waals surface area contributed by atoms with E-state index in [-0.39, 0.29) is 11.5 Å². The Hall–Kier alpha value is -0.670. The smallest absolute Gasteiger partial charge is 0.160 e. The molecule has 1 aliphatic carbocycles. The van der Waals surface area contributed by atoms with Crippen LogP contribution in [0.3, 0.4) is 0 Å². The first-order valence-electron chi connectivity index (χ1n) is 7.36. The molecule has 1 unspecified atom stereocenters. The molecule has 20 heavy (non-hydrogen) atoms. The molecule has 0 aromatic heterocycles. The van der Waals surface area contributed by atoms with E-state index in [1.54, 1.807) is 0 Å². The highest BCUT2D eigenvalue weighted by Gasteiger charge is 2.38. The Labute approximate surface area is 124 Å². The lowest BCUT2D eigenvalue weighted by Gasteiger charge is -2.36. The van der Waals surface area contributed by atoms with Crippen LogP contribution in [0.1, 0.15) is 57.6 Å². The Morgan fingerprint density at radius 3 is 2.45 bits per heavy atom. The number of benzene rings is 1. The molecule has 2 rings (SSSR count). The van der Waals surface area contributed by atoms with Crippen LogP contribution in [0.4, 0.5) is 8.78 Å². The molecule has 0 bridgehead atoms. The molecule has 1 saturated carbocycles. The number of nitrogens with one attached hydrogen (secondary N) is 1. The number of halogens is 3.